The molecule has 0 aromatic heterocycles. The van der Waals surface area contributed by atoms with Crippen LogP contribution in [0.1, 0.15) is 20.8 Å². The van der Waals surface area contributed by atoms with Gasteiger partial charge in [-0.1, -0.05) is 20.4 Å². The molecular weight excluding hydrogens is 580 g/mol. The van der Waals surface area contributed by atoms with E-state index in [1.54, 1.807) is 55.5 Å². The number of phenols is 4. The summed E-state index contributed by atoms with van der Waals surface area (Å²) >= 11 is 0. The summed E-state index contributed by atoms with van der Waals surface area (Å²) < 4.78 is 16.7. The number of aromatic hydroxyl groups is 4. The zero-order chi connectivity index (χ0) is 33.9. The fraction of sp³-hybridized carbons (Fsp3) is 0.182. The van der Waals surface area contributed by atoms with Crippen molar-refractivity contribution in [1.29, 1.82) is 0 Å². The van der Waals surface area contributed by atoms with Gasteiger partial charge >= 0.3 is 5.97 Å². The summed E-state index contributed by atoms with van der Waals surface area (Å²) in [5.41, 5.74) is 23.9. The number of hydrogen-bond acceptors (Lipinski definition) is 12. The molecule has 0 unspecified atom stereocenters. The number of phenolic OH excluding ortho intramolecular Hbond substituents is 4. The quantitative estimate of drug-likeness (QED) is 0.0417. The van der Waals surface area contributed by atoms with E-state index in [1.165, 1.54) is 36.4 Å². The van der Waals surface area contributed by atoms with E-state index < -0.39 is 12.1 Å². The fourth-order valence-electron chi connectivity index (χ4n) is 2.94. The van der Waals surface area contributed by atoms with Crippen LogP contribution in [-0.2, 0) is 9.53 Å². The van der Waals surface area contributed by atoms with E-state index in [0.29, 0.717) is 28.4 Å². The van der Waals surface area contributed by atoms with Crippen LogP contribution in [0.2, 0.25) is 0 Å². The van der Waals surface area contributed by atoms with Gasteiger partial charge in [-0.3, -0.25) is 0 Å². The number of ether oxygens (including phenoxy) is 3. The number of hydrogen-bond donors (Lipinski definition) is 8. The first kappa shape index (κ1) is 37.1. The van der Waals surface area contributed by atoms with Crippen molar-refractivity contribution in [2.45, 2.75) is 26.9 Å². The normalized spacial score (nSPS) is 9.60. The van der Waals surface area contributed by atoms with Gasteiger partial charge in [-0.2, -0.15) is 0 Å². The van der Waals surface area contributed by atoms with Crippen LogP contribution in [-0.4, -0.2) is 45.7 Å². The van der Waals surface area contributed by atoms with Gasteiger partial charge in [-0.15, -0.1) is 0 Å². The van der Waals surface area contributed by atoms with Crippen LogP contribution in [0.15, 0.2) is 97.1 Å². The summed E-state index contributed by atoms with van der Waals surface area (Å²) in [7, 11) is 0. The summed E-state index contributed by atoms with van der Waals surface area (Å²) in [5, 5.41) is 35.1. The highest BCUT2D eigenvalue weighted by atomic mass is 16.6. The molecule has 0 atom stereocenters. The van der Waals surface area contributed by atoms with E-state index in [2.05, 4.69) is 6.58 Å². The third-order valence-corrected chi connectivity index (χ3v) is 5.28. The molecule has 0 radical (unpaired) electrons. The van der Waals surface area contributed by atoms with Gasteiger partial charge < -0.3 is 57.6 Å². The van der Waals surface area contributed by atoms with Gasteiger partial charge in [-0.05, 0) is 79.7 Å². The first-order valence-corrected chi connectivity index (χ1v) is 13.7. The molecule has 0 fully saturated rings. The number of nitrogen functional groups attached to an aromatic ring is 4. The van der Waals surface area contributed by atoms with E-state index in [9.17, 15) is 4.79 Å². The van der Waals surface area contributed by atoms with Crippen LogP contribution in [0, 0.1) is 0 Å². The molecule has 12 N–H and O–H groups in total. The number of esters is 1. The summed E-state index contributed by atoms with van der Waals surface area (Å²) in [4.78, 5) is 11.8. The minimum absolute atomic E-state index is 0.0155. The first-order chi connectivity index (χ1) is 21.3. The number of carbonyl (C=O) groups is 1. The summed E-state index contributed by atoms with van der Waals surface area (Å²) in [6, 6.07) is 22.0. The number of benzene rings is 4. The fourth-order valence-corrected chi connectivity index (χ4v) is 2.94. The second kappa shape index (κ2) is 19.3. The van der Waals surface area contributed by atoms with Crippen LogP contribution in [0.25, 0.3) is 0 Å². The Balaban J connectivity index is 0.000000410. The first-order valence-electron chi connectivity index (χ1n) is 13.7. The standard InChI is InChI=1S/C19H22N2O4.2C6H7NO2.C2H6/c1-13(2)19(22)25-18(11-23-16-7-3-14(20)4-8-16)12-24-17-9-5-15(21)6-10-17;2*7-5-2-1-4(8)3-6(5)9;1-2/h3-10,18H,1,11-12,20-21H2,2H3;2*1-3,8-9H,7H2;1-2H3. The van der Waals surface area contributed by atoms with Gasteiger partial charge in [0.25, 0.3) is 0 Å². The van der Waals surface area contributed by atoms with E-state index in [4.69, 9.17) is 57.6 Å². The minimum Gasteiger partial charge on any atom is -0.508 e. The molecule has 4 rings (SSSR count). The van der Waals surface area contributed by atoms with Crippen molar-refractivity contribution in [3.8, 4) is 34.5 Å². The molecule has 0 saturated heterocycles. The van der Waals surface area contributed by atoms with E-state index in [1.807, 2.05) is 13.8 Å². The second-order valence-corrected chi connectivity index (χ2v) is 9.05. The lowest BCUT2D eigenvalue weighted by Crippen LogP contribution is -2.31. The molecule has 0 aliphatic heterocycles. The lowest BCUT2D eigenvalue weighted by molar-refractivity contribution is -0.147. The Morgan fingerprint density at radius 1 is 0.667 bits per heavy atom. The molecule has 0 amide bonds. The zero-order valence-corrected chi connectivity index (χ0v) is 25.5. The van der Waals surface area contributed by atoms with Gasteiger partial charge in [-0.25, -0.2) is 4.79 Å². The molecule has 0 saturated carbocycles. The third kappa shape index (κ3) is 14.7. The second-order valence-electron chi connectivity index (χ2n) is 9.05. The zero-order valence-electron chi connectivity index (χ0n) is 25.5. The molecule has 4 aromatic carbocycles. The Kier molecular flexibility index (Phi) is 15.9. The molecule has 12 nitrogen and oxygen atoms in total. The SMILES string of the molecule is C=C(C)C(=O)OC(COc1ccc(N)cc1)COc1ccc(N)cc1.CC.Nc1ccc(O)cc1O.Nc1ccc(O)cc1O. The highest BCUT2D eigenvalue weighted by molar-refractivity contribution is 5.87. The average Bonchev–Trinajstić information content (AvgIpc) is 3.01. The van der Waals surface area contributed by atoms with E-state index in [-0.39, 0.29) is 47.6 Å². The largest absolute Gasteiger partial charge is 0.508 e. The van der Waals surface area contributed by atoms with Crippen molar-refractivity contribution < 1.29 is 39.4 Å². The molecule has 4 aromatic rings. The van der Waals surface area contributed by atoms with Gasteiger partial charge in [0.05, 0.1) is 11.4 Å². The number of anilines is 4. The highest BCUT2D eigenvalue weighted by Crippen LogP contribution is 2.24. The van der Waals surface area contributed by atoms with Gasteiger partial charge in [0.15, 0.2) is 6.10 Å². The van der Waals surface area contributed by atoms with Crippen molar-refractivity contribution in [3.05, 3.63) is 97.1 Å². The molecular formula is C33H42N4O8. The lowest BCUT2D eigenvalue weighted by atomic mass is 10.3. The predicted octanol–water partition coefficient (Wildman–Crippen LogP) is 5.18. The third-order valence-electron chi connectivity index (χ3n) is 5.28. The topological polar surface area (TPSA) is 230 Å². The van der Waals surface area contributed by atoms with Gasteiger partial charge in [0.1, 0.15) is 47.7 Å². The molecule has 242 valence electrons. The minimum atomic E-state index is -0.598. The van der Waals surface area contributed by atoms with Crippen molar-refractivity contribution in [2.75, 3.05) is 36.1 Å². The smallest absolute Gasteiger partial charge is 0.333 e. The van der Waals surface area contributed by atoms with Gasteiger partial charge in [0, 0.05) is 29.1 Å². The van der Waals surface area contributed by atoms with Crippen molar-refractivity contribution in [1.82, 2.24) is 0 Å². The molecule has 45 heavy (non-hydrogen) atoms. The summed E-state index contributed by atoms with van der Waals surface area (Å²) in [6.45, 7) is 9.44. The maximum Gasteiger partial charge on any atom is 0.333 e. The number of carbonyl (C=O) groups excluding carboxylic acids is 1. The van der Waals surface area contributed by atoms with Crippen molar-refractivity contribution in [3.63, 3.8) is 0 Å². The van der Waals surface area contributed by atoms with E-state index >= 15 is 0 Å². The highest BCUT2D eigenvalue weighted by Gasteiger charge is 2.17. The molecule has 0 heterocycles. The van der Waals surface area contributed by atoms with Crippen LogP contribution in [0.5, 0.6) is 34.5 Å². The molecule has 12 heteroatoms. The Morgan fingerprint density at radius 3 is 1.31 bits per heavy atom. The van der Waals surface area contributed by atoms with Gasteiger partial charge in [0.2, 0.25) is 0 Å². The number of nitrogens with two attached hydrogens (primary N) is 4. The summed E-state index contributed by atoms with van der Waals surface area (Å²) in [5.74, 6) is 0.608. The maximum atomic E-state index is 11.8. The average molecular weight is 623 g/mol. The maximum absolute atomic E-state index is 11.8. The van der Waals surface area contributed by atoms with E-state index in [0.717, 1.165) is 0 Å². The Hall–Kier alpha value is -5.91. The molecule has 0 spiro atoms. The van der Waals surface area contributed by atoms with Crippen LogP contribution < -0.4 is 32.4 Å². The Bertz CT molecular complexity index is 1380. The lowest BCUT2D eigenvalue weighted by Gasteiger charge is -2.19. The number of rotatable bonds is 8. The Morgan fingerprint density at radius 2 is 1.02 bits per heavy atom. The molecule has 0 aliphatic carbocycles. The Labute approximate surface area is 262 Å². The predicted molar refractivity (Wildman–Crippen MR) is 177 cm³/mol. The van der Waals surface area contributed by atoms with Crippen LogP contribution >= 0.6 is 0 Å². The molecule has 0 aliphatic rings. The van der Waals surface area contributed by atoms with Crippen LogP contribution in [0.4, 0.5) is 22.7 Å². The summed E-state index contributed by atoms with van der Waals surface area (Å²) in [6.07, 6.45) is -0.598. The monoisotopic (exact) mass is 622 g/mol. The van der Waals surface area contributed by atoms with Crippen molar-refractivity contribution in [2.24, 2.45) is 0 Å². The van der Waals surface area contributed by atoms with Crippen LogP contribution in [0.3, 0.4) is 0 Å². The molecule has 0 bridgehead atoms. The van der Waals surface area contributed by atoms with Crippen molar-refractivity contribution >= 4 is 28.7 Å².